The van der Waals surface area contributed by atoms with Gasteiger partial charge in [-0.2, -0.15) is 0 Å². The summed E-state index contributed by atoms with van der Waals surface area (Å²) in [6, 6.07) is 15.3. The molecule has 0 radical (unpaired) electrons. The van der Waals surface area contributed by atoms with Crippen LogP contribution in [0.25, 0.3) is 16.2 Å². The first kappa shape index (κ1) is 15.3. The number of nitrogens with one attached hydrogen (secondary N) is 1. The first-order valence-corrected chi connectivity index (χ1v) is 9.24. The van der Waals surface area contributed by atoms with Crippen molar-refractivity contribution >= 4 is 50.5 Å². The fraction of sp³-hybridized carbons (Fsp3) is 0. The van der Waals surface area contributed by atoms with Crippen LogP contribution >= 0.6 is 33.9 Å². The van der Waals surface area contributed by atoms with Crippen molar-refractivity contribution in [3.05, 3.63) is 75.4 Å². The van der Waals surface area contributed by atoms with E-state index in [1.54, 1.807) is 11.3 Å². The molecule has 4 aromatic rings. The number of fused-ring (bicyclic) bond motifs is 1. The zero-order valence-corrected chi connectivity index (χ0v) is 15.4. The highest BCUT2D eigenvalue weighted by molar-refractivity contribution is 14.1. The summed E-state index contributed by atoms with van der Waals surface area (Å²) >= 11 is 3.80. The van der Waals surface area contributed by atoms with E-state index in [4.69, 9.17) is 0 Å². The first-order valence-electron chi connectivity index (χ1n) is 7.28. The third-order valence-corrected chi connectivity index (χ3v) is 5.04. The van der Waals surface area contributed by atoms with Gasteiger partial charge in [0.05, 0.1) is 5.69 Å². The van der Waals surface area contributed by atoms with Gasteiger partial charge in [0.25, 0.3) is 5.91 Å². The number of hydrogen-bond donors (Lipinski definition) is 1. The van der Waals surface area contributed by atoms with Crippen LogP contribution in [-0.2, 0) is 0 Å². The van der Waals surface area contributed by atoms with Gasteiger partial charge >= 0.3 is 0 Å². The minimum Gasteiger partial charge on any atom is -0.322 e. The molecule has 4 nitrogen and oxygen atoms in total. The monoisotopic (exact) mass is 445 g/mol. The summed E-state index contributed by atoms with van der Waals surface area (Å²) in [7, 11) is 0. The van der Waals surface area contributed by atoms with Crippen molar-refractivity contribution in [3.63, 3.8) is 0 Å². The van der Waals surface area contributed by atoms with Crippen LogP contribution in [-0.4, -0.2) is 15.3 Å². The molecule has 1 amide bonds. The van der Waals surface area contributed by atoms with Gasteiger partial charge in [0, 0.05) is 38.2 Å². The average molecular weight is 445 g/mol. The smallest absolute Gasteiger partial charge is 0.255 e. The van der Waals surface area contributed by atoms with Crippen molar-refractivity contribution in [2.45, 2.75) is 0 Å². The Morgan fingerprint density at radius 3 is 2.88 bits per heavy atom. The molecule has 0 saturated carbocycles. The molecule has 118 valence electrons. The number of amides is 1. The highest BCUT2D eigenvalue weighted by Crippen LogP contribution is 2.24. The lowest BCUT2D eigenvalue weighted by atomic mass is 10.1. The second-order valence-corrected chi connectivity index (χ2v) is 7.38. The van der Waals surface area contributed by atoms with Gasteiger partial charge in [-0.1, -0.05) is 18.2 Å². The molecular weight excluding hydrogens is 433 g/mol. The number of carbonyl (C=O) groups is 1. The molecule has 1 N–H and O–H groups in total. The van der Waals surface area contributed by atoms with Gasteiger partial charge in [-0.15, -0.1) is 11.3 Å². The standard InChI is InChI=1S/C18H12IN3OS/c19-14-5-1-4-13(9-14)17(23)20-15-6-2-3-12(10-15)16-11-22-7-8-24-18(22)21-16/h1-11H,(H,20,23). The zero-order chi connectivity index (χ0) is 16.5. The van der Waals surface area contributed by atoms with E-state index >= 15 is 0 Å². The van der Waals surface area contributed by atoms with Crippen molar-refractivity contribution in [2.75, 3.05) is 5.32 Å². The number of aromatic nitrogens is 2. The summed E-state index contributed by atoms with van der Waals surface area (Å²) in [5.74, 6) is -0.114. The fourth-order valence-corrected chi connectivity index (χ4v) is 3.70. The van der Waals surface area contributed by atoms with Gasteiger partial charge in [0.15, 0.2) is 4.96 Å². The summed E-state index contributed by atoms with van der Waals surface area (Å²) in [4.78, 5) is 17.9. The first-order chi connectivity index (χ1) is 11.7. The van der Waals surface area contributed by atoms with Crippen molar-refractivity contribution < 1.29 is 4.79 Å². The van der Waals surface area contributed by atoms with E-state index in [0.29, 0.717) is 5.56 Å². The maximum Gasteiger partial charge on any atom is 0.255 e. The van der Waals surface area contributed by atoms with Crippen LogP contribution in [0.5, 0.6) is 0 Å². The highest BCUT2D eigenvalue weighted by atomic mass is 127. The maximum atomic E-state index is 12.4. The average Bonchev–Trinajstić information content (AvgIpc) is 3.17. The highest BCUT2D eigenvalue weighted by Gasteiger charge is 2.09. The predicted molar refractivity (Wildman–Crippen MR) is 106 cm³/mol. The fourth-order valence-electron chi connectivity index (χ4n) is 2.46. The second kappa shape index (κ2) is 6.37. The lowest BCUT2D eigenvalue weighted by Gasteiger charge is -2.07. The van der Waals surface area contributed by atoms with Crippen molar-refractivity contribution in [3.8, 4) is 11.3 Å². The van der Waals surface area contributed by atoms with E-state index in [9.17, 15) is 4.79 Å². The molecule has 0 atom stereocenters. The molecule has 2 aromatic carbocycles. The molecular formula is C18H12IN3OS. The van der Waals surface area contributed by atoms with Gasteiger partial charge < -0.3 is 5.32 Å². The Balaban J connectivity index is 1.60. The molecule has 2 aromatic heterocycles. The van der Waals surface area contributed by atoms with Crippen LogP contribution in [0.2, 0.25) is 0 Å². The topological polar surface area (TPSA) is 46.4 Å². The number of thiazole rings is 1. The molecule has 0 saturated heterocycles. The number of benzene rings is 2. The van der Waals surface area contributed by atoms with Crippen molar-refractivity contribution in [2.24, 2.45) is 0 Å². The lowest BCUT2D eigenvalue weighted by Crippen LogP contribution is -2.11. The Bertz CT molecular complexity index is 1010. The van der Waals surface area contributed by atoms with Crippen LogP contribution in [0.4, 0.5) is 5.69 Å². The van der Waals surface area contributed by atoms with E-state index < -0.39 is 0 Å². The molecule has 2 heterocycles. The number of halogens is 1. The molecule has 0 aliphatic rings. The quantitative estimate of drug-likeness (QED) is 0.455. The lowest BCUT2D eigenvalue weighted by molar-refractivity contribution is 0.102. The van der Waals surface area contributed by atoms with Crippen LogP contribution < -0.4 is 5.32 Å². The molecule has 0 bridgehead atoms. The minimum absolute atomic E-state index is 0.114. The third kappa shape index (κ3) is 3.07. The number of imidazole rings is 1. The minimum atomic E-state index is -0.114. The Kier molecular flexibility index (Phi) is 4.07. The second-order valence-electron chi connectivity index (χ2n) is 5.26. The molecule has 6 heteroatoms. The van der Waals surface area contributed by atoms with Gasteiger partial charge in [-0.05, 0) is 52.9 Å². The normalized spacial score (nSPS) is 10.9. The summed E-state index contributed by atoms with van der Waals surface area (Å²) in [5, 5.41) is 4.95. The van der Waals surface area contributed by atoms with E-state index in [2.05, 4.69) is 32.9 Å². The summed E-state index contributed by atoms with van der Waals surface area (Å²) in [6.45, 7) is 0. The molecule has 0 spiro atoms. The van der Waals surface area contributed by atoms with Gasteiger partial charge in [0.1, 0.15) is 0 Å². The number of rotatable bonds is 3. The largest absolute Gasteiger partial charge is 0.322 e. The summed E-state index contributed by atoms with van der Waals surface area (Å²) in [5.41, 5.74) is 3.28. The van der Waals surface area contributed by atoms with E-state index in [1.807, 2.05) is 70.7 Å². The Hall–Kier alpha value is -2.19. The number of hydrogen-bond acceptors (Lipinski definition) is 3. The zero-order valence-electron chi connectivity index (χ0n) is 12.4. The molecule has 24 heavy (non-hydrogen) atoms. The van der Waals surface area contributed by atoms with E-state index in [0.717, 1.165) is 25.5 Å². The predicted octanol–water partition coefficient (Wildman–Crippen LogP) is 4.92. The van der Waals surface area contributed by atoms with Crippen molar-refractivity contribution in [1.29, 1.82) is 0 Å². The molecule has 4 rings (SSSR count). The van der Waals surface area contributed by atoms with Crippen LogP contribution in [0.3, 0.4) is 0 Å². The number of carbonyl (C=O) groups excluding carboxylic acids is 1. The maximum absolute atomic E-state index is 12.4. The Labute approximate surface area is 156 Å². The third-order valence-electron chi connectivity index (χ3n) is 3.60. The molecule has 0 aliphatic heterocycles. The Morgan fingerprint density at radius 2 is 2.04 bits per heavy atom. The van der Waals surface area contributed by atoms with E-state index in [-0.39, 0.29) is 5.91 Å². The number of nitrogens with zero attached hydrogens (tertiary/aromatic N) is 2. The van der Waals surface area contributed by atoms with Crippen LogP contribution in [0.15, 0.2) is 66.3 Å². The molecule has 0 fully saturated rings. The van der Waals surface area contributed by atoms with Crippen LogP contribution in [0.1, 0.15) is 10.4 Å². The Morgan fingerprint density at radius 1 is 1.17 bits per heavy atom. The van der Waals surface area contributed by atoms with E-state index in [1.165, 1.54) is 0 Å². The van der Waals surface area contributed by atoms with Crippen molar-refractivity contribution in [1.82, 2.24) is 9.38 Å². The summed E-state index contributed by atoms with van der Waals surface area (Å²) < 4.78 is 3.03. The summed E-state index contributed by atoms with van der Waals surface area (Å²) in [6.07, 6.45) is 3.98. The van der Waals surface area contributed by atoms with Crippen LogP contribution in [0, 0.1) is 3.57 Å². The van der Waals surface area contributed by atoms with Gasteiger partial charge in [-0.3, -0.25) is 9.20 Å². The number of anilines is 1. The SMILES string of the molecule is O=C(Nc1cccc(-c2cn3ccsc3n2)c1)c1cccc(I)c1. The van der Waals surface area contributed by atoms with Gasteiger partial charge in [-0.25, -0.2) is 4.98 Å². The molecule has 0 unspecified atom stereocenters. The van der Waals surface area contributed by atoms with Gasteiger partial charge in [0.2, 0.25) is 0 Å². The molecule has 0 aliphatic carbocycles.